The molecule has 0 unspecified atom stereocenters. The molecule has 0 atom stereocenters. The van der Waals surface area contributed by atoms with Gasteiger partial charge in [0.15, 0.2) is 0 Å². The van der Waals surface area contributed by atoms with Crippen LogP contribution in [0.25, 0.3) is 0 Å². The fourth-order valence-electron chi connectivity index (χ4n) is 3.59. The maximum absolute atomic E-state index is 13.3. The Labute approximate surface area is 201 Å². The van der Waals surface area contributed by atoms with E-state index in [1.54, 1.807) is 12.1 Å². The van der Waals surface area contributed by atoms with Crippen molar-refractivity contribution in [3.8, 4) is 6.07 Å². The van der Waals surface area contributed by atoms with Crippen LogP contribution in [-0.2, 0) is 15.4 Å². The largest absolute Gasteiger partial charge is 0.279 e. The van der Waals surface area contributed by atoms with E-state index in [0.717, 1.165) is 10.5 Å². The molecule has 0 bridgehead atoms. The number of anilines is 2. The summed E-state index contributed by atoms with van der Waals surface area (Å²) in [6, 6.07) is 12.3. The number of carbonyl (C=O) groups is 2. The number of nitriles is 1. The Bertz CT molecular complexity index is 1490. The van der Waals surface area contributed by atoms with E-state index in [0.29, 0.717) is 0 Å². The van der Waals surface area contributed by atoms with Crippen molar-refractivity contribution in [2.45, 2.75) is 31.1 Å². The molecule has 0 fully saturated rings. The van der Waals surface area contributed by atoms with Gasteiger partial charge in [0.2, 0.25) is 0 Å². The number of hydrogen-bond acceptors (Lipinski definition) is 6. The highest BCUT2D eigenvalue weighted by Gasteiger charge is 2.41. The topological polar surface area (TPSA) is 120 Å². The van der Waals surface area contributed by atoms with Crippen LogP contribution >= 0.6 is 11.6 Å². The zero-order chi connectivity index (χ0) is 24.8. The number of rotatable bonds is 4. The molecule has 172 valence electrons. The van der Waals surface area contributed by atoms with E-state index < -0.39 is 21.8 Å². The summed E-state index contributed by atoms with van der Waals surface area (Å²) in [5.74, 6) is -1.52. The SMILES string of the molecule is CC(C)(C)c1ccc(S(=O)(=O)Nc2ccc(Cl)c3c2C(=O)N(c2cncc(C#N)c2)C3=O)cc1. The van der Waals surface area contributed by atoms with Crippen molar-refractivity contribution in [2.24, 2.45) is 0 Å². The lowest BCUT2D eigenvalue weighted by Gasteiger charge is -2.19. The molecule has 10 heteroatoms. The minimum atomic E-state index is -4.07. The fraction of sp³-hybridized carbons (Fsp3) is 0.167. The number of sulfonamides is 1. The standard InChI is InChI=1S/C24H19ClN4O4S/c1-24(2,3)15-4-6-17(7-5-15)34(32,33)28-19-9-8-18(25)20-21(19)23(31)29(22(20)30)16-10-14(11-26)12-27-13-16/h4-10,12-13,28H,1-3H3. The third-order valence-corrected chi connectivity index (χ3v) is 7.07. The highest BCUT2D eigenvalue weighted by atomic mass is 35.5. The van der Waals surface area contributed by atoms with E-state index in [2.05, 4.69) is 9.71 Å². The first-order chi connectivity index (χ1) is 15.9. The van der Waals surface area contributed by atoms with Gasteiger partial charge in [-0.3, -0.25) is 19.3 Å². The summed E-state index contributed by atoms with van der Waals surface area (Å²) < 4.78 is 28.6. The molecular weight excluding hydrogens is 476 g/mol. The van der Waals surface area contributed by atoms with Gasteiger partial charge in [-0.1, -0.05) is 44.5 Å². The lowest BCUT2D eigenvalue weighted by molar-refractivity contribution is 0.0926. The predicted octanol–water partition coefficient (Wildman–Crippen LogP) is 4.51. The highest BCUT2D eigenvalue weighted by Crippen LogP contribution is 2.38. The van der Waals surface area contributed by atoms with Crippen molar-refractivity contribution in [3.63, 3.8) is 0 Å². The monoisotopic (exact) mass is 494 g/mol. The van der Waals surface area contributed by atoms with Crippen LogP contribution in [0.2, 0.25) is 5.02 Å². The number of fused-ring (bicyclic) bond motifs is 1. The molecule has 1 aromatic heterocycles. The minimum Gasteiger partial charge on any atom is -0.279 e. The quantitative estimate of drug-likeness (QED) is 0.533. The van der Waals surface area contributed by atoms with Crippen molar-refractivity contribution in [3.05, 3.63) is 82.1 Å². The molecule has 2 heterocycles. The fourth-order valence-corrected chi connectivity index (χ4v) is 4.90. The Morgan fingerprint density at radius 3 is 2.26 bits per heavy atom. The van der Waals surface area contributed by atoms with Crippen molar-refractivity contribution < 1.29 is 18.0 Å². The first-order valence-corrected chi connectivity index (χ1v) is 12.0. The average Bonchev–Trinajstić information content (AvgIpc) is 3.06. The Kier molecular flexibility index (Phi) is 5.67. The predicted molar refractivity (Wildman–Crippen MR) is 127 cm³/mol. The average molecular weight is 495 g/mol. The summed E-state index contributed by atoms with van der Waals surface area (Å²) in [6.07, 6.45) is 2.55. The summed E-state index contributed by atoms with van der Waals surface area (Å²) in [4.78, 5) is 31.0. The molecule has 0 saturated heterocycles. The van der Waals surface area contributed by atoms with Crippen LogP contribution in [-0.4, -0.2) is 25.2 Å². The van der Waals surface area contributed by atoms with E-state index in [9.17, 15) is 18.0 Å². The lowest BCUT2D eigenvalue weighted by Crippen LogP contribution is -2.29. The van der Waals surface area contributed by atoms with E-state index in [1.807, 2.05) is 26.8 Å². The normalized spacial score (nSPS) is 13.6. The summed E-state index contributed by atoms with van der Waals surface area (Å²) in [7, 11) is -4.07. The van der Waals surface area contributed by atoms with Gasteiger partial charge in [-0.05, 0) is 41.3 Å². The van der Waals surface area contributed by atoms with Gasteiger partial charge in [0.1, 0.15) is 6.07 Å². The summed E-state index contributed by atoms with van der Waals surface area (Å²) in [5, 5.41) is 9.12. The number of benzene rings is 2. The smallest absolute Gasteiger partial charge is 0.268 e. The molecule has 0 radical (unpaired) electrons. The summed E-state index contributed by atoms with van der Waals surface area (Å²) in [6.45, 7) is 6.05. The molecule has 4 rings (SSSR count). The van der Waals surface area contributed by atoms with Gasteiger partial charge in [-0.15, -0.1) is 0 Å². The maximum atomic E-state index is 13.3. The van der Waals surface area contributed by atoms with Crippen LogP contribution in [0.5, 0.6) is 0 Å². The third kappa shape index (κ3) is 4.02. The Morgan fingerprint density at radius 2 is 1.65 bits per heavy atom. The number of nitrogens with one attached hydrogen (secondary N) is 1. The number of halogens is 1. The van der Waals surface area contributed by atoms with Gasteiger partial charge >= 0.3 is 0 Å². The number of aromatic nitrogens is 1. The molecule has 0 saturated carbocycles. The van der Waals surface area contributed by atoms with Crippen LogP contribution < -0.4 is 9.62 Å². The minimum absolute atomic E-state index is 0.00211. The number of nitrogens with zero attached hydrogens (tertiary/aromatic N) is 3. The van der Waals surface area contributed by atoms with Crippen molar-refractivity contribution in [1.29, 1.82) is 5.26 Å². The molecule has 2 aromatic carbocycles. The van der Waals surface area contributed by atoms with E-state index in [1.165, 1.54) is 42.7 Å². The molecule has 34 heavy (non-hydrogen) atoms. The molecule has 0 spiro atoms. The molecule has 2 amide bonds. The second-order valence-electron chi connectivity index (χ2n) is 8.71. The van der Waals surface area contributed by atoms with Gasteiger partial charge in [-0.25, -0.2) is 13.3 Å². The zero-order valence-corrected chi connectivity index (χ0v) is 20.0. The van der Waals surface area contributed by atoms with Crippen LogP contribution in [0.3, 0.4) is 0 Å². The number of pyridine rings is 1. The van der Waals surface area contributed by atoms with E-state index in [4.69, 9.17) is 16.9 Å². The lowest BCUT2D eigenvalue weighted by atomic mass is 9.87. The highest BCUT2D eigenvalue weighted by molar-refractivity contribution is 7.92. The molecule has 8 nitrogen and oxygen atoms in total. The molecule has 3 aromatic rings. The first kappa shape index (κ1) is 23.4. The van der Waals surface area contributed by atoms with Crippen molar-refractivity contribution in [1.82, 2.24) is 4.98 Å². The Balaban J connectivity index is 1.74. The summed E-state index contributed by atoms with van der Waals surface area (Å²) >= 11 is 6.22. The van der Waals surface area contributed by atoms with Gasteiger partial charge in [0, 0.05) is 6.20 Å². The van der Waals surface area contributed by atoms with Gasteiger partial charge in [0.05, 0.1) is 44.2 Å². The van der Waals surface area contributed by atoms with Crippen LogP contribution in [0.4, 0.5) is 11.4 Å². The third-order valence-electron chi connectivity index (χ3n) is 5.37. The molecule has 1 aliphatic rings. The van der Waals surface area contributed by atoms with Crippen molar-refractivity contribution in [2.75, 3.05) is 9.62 Å². The van der Waals surface area contributed by atoms with Crippen LogP contribution in [0, 0.1) is 11.3 Å². The second-order valence-corrected chi connectivity index (χ2v) is 10.8. The van der Waals surface area contributed by atoms with E-state index >= 15 is 0 Å². The van der Waals surface area contributed by atoms with Crippen molar-refractivity contribution >= 4 is 44.8 Å². The molecule has 1 aliphatic heterocycles. The number of amides is 2. The van der Waals surface area contributed by atoms with Crippen LogP contribution in [0.1, 0.15) is 52.6 Å². The molecular formula is C24H19ClN4O4S. The van der Waals surface area contributed by atoms with Gasteiger partial charge in [-0.2, -0.15) is 5.26 Å². The summed E-state index contributed by atoms with van der Waals surface area (Å²) in [5.41, 5.74) is 0.661. The number of hydrogen-bond donors (Lipinski definition) is 1. The van der Waals surface area contributed by atoms with Gasteiger partial charge < -0.3 is 0 Å². The maximum Gasteiger partial charge on any atom is 0.268 e. The number of carbonyl (C=O) groups excluding carboxylic acids is 2. The zero-order valence-electron chi connectivity index (χ0n) is 18.5. The second kappa shape index (κ2) is 8.24. The Morgan fingerprint density at radius 1 is 1.00 bits per heavy atom. The van der Waals surface area contributed by atoms with Gasteiger partial charge in [0.25, 0.3) is 21.8 Å². The first-order valence-electron chi connectivity index (χ1n) is 10.1. The van der Waals surface area contributed by atoms with Crippen LogP contribution in [0.15, 0.2) is 59.8 Å². The molecule has 0 aliphatic carbocycles. The molecule has 1 N–H and O–H groups in total. The van der Waals surface area contributed by atoms with E-state index in [-0.39, 0.29) is 43.4 Å². The Hall–Kier alpha value is -3.74. The number of imide groups is 1.